The van der Waals surface area contributed by atoms with E-state index in [1.807, 2.05) is 25.1 Å². The van der Waals surface area contributed by atoms with Crippen molar-refractivity contribution in [1.82, 2.24) is 5.32 Å². The Morgan fingerprint density at radius 2 is 2.00 bits per heavy atom. The number of benzene rings is 1. The van der Waals surface area contributed by atoms with Crippen LogP contribution in [0.5, 0.6) is 11.5 Å². The summed E-state index contributed by atoms with van der Waals surface area (Å²) in [6.45, 7) is 4.79. The fourth-order valence-electron chi connectivity index (χ4n) is 2.30. The second kappa shape index (κ2) is 6.54. The highest BCUT2D eigenvalue weighted by Crippen LogP contribution is 2.38. The highest BCUT2D eigenvalue weighted by atomic mass is 79.9. The molecule has 21 heavy (non-hydrogen) atoms. The molecule has 0 radical (unpaired) electrons. The largest absolute Gasteiger partial charge is 0.490 e. The van der Waals surface area contributed by atoms with Crippen LogP contribution in [0.3, 0.4) is 0 Å². The van der Waals surface area contributed by atoms with Gasteiger partial charge in [-0.25, -0.2) is 0 Å². The maximum Gasteiger partial charge on any atom is 0.175 e. The van der Waals surface area contributed by atoms with Crippen molar-refractivity contribution in [2.75, 3.05) is 13.2 Å². The van der Waals surface area contributed by atoms with E-state index in [9.17, 15) is 0 Å². The summed E-state index contributed by atoms with van der Waals surface area (Å²) < 4.78 is 17.9. The van der Waals surface area contributed by atoms with Gasteiger partial charge in [-0.1, -0.05) is 0 Å². The van der Waals surface area contributed by atoms with E-state index < -0.39 is 0 Å². The average molecular weight is 352 g/mol. The van der Waals surface area contributed by atoms with Gasteiger partial charge in [0.2, 0.25) is 0 Å². The molecule has 0 amide bonds. The van der Waals surface area contributed by atoms with E-state index in [0.29, 0.717) is 19.8 Å². The van der Waals surface area contributed by atoms with Gasteiger partial charge in [0.1, 0.15) is 11.5 Å². The van der Waals surface area contributed by atoms with Crippen LogP contribution in [0, 0.1) is 6.92 Å². The summed E-state index contributed by atoms with van der Waals surface area (Å²) >= 11 is 3.56. The summed E-state index contributed by atoms with van der Waals surface area (Å²) in [6, 6.07) is 8.06. The van der Waals surface area contributed by atoms with Gasteiger partial charge in [-0.3, -0.25) is 0 Å². The SMILES string of the molecule is Cc1ccc(CNCc2cc(Br)c3c(c2)OCCCO3)o1. The molecule has 3 rings (SSSR count). The summed E-state index contributed by atoms with van der Waals surface area (Å²) in [5.74, 6) is 3.50. The maximum absolute atomic E-state index is 5.74. The summed E-state index contributed by atoms with van der Waals surface area (Å²) in [4.78, 5) is 0. The lowest BCUT2D eigenvalue weighted by Crippen LogP contribution is -2.12. The fourth-order valence-corrected chi connectivity index (χ4v) is 2.90. The number of hydrogen-bond donors (Lipinski definition) is 1. The number of nitrogens with one attached hydrogen (secondary N) is 1. The lowest BCUT2D eigenvalue weighted by Gasteiger charge is -2.12. The molecule has 0 unspecified atom stereocenters. The maximum atomic E-state index is 5.74. The third-order valence-electron chi connectivity index (χ3n) is 3.29. The smallest absolute Gasteiger partial charge is 0.175 e. The van der Waals surface area contributed by atoms with Crippen molar-refractivity contribution in [2.45, 2.75) is 26.4 Å². The minimum absolute atomic E-state index is 0.695. The van der Waals surface area contributed by atoms with Crippen LogP contribution in [0.2, 0.25) is 0 Å². The Hall–Kier alpha value is -1.46. The molecule has 1 aromatic carbocycles. The van der Waals surface area contributed by atoms with Gasteiger partial charge in [0.15, 0.2) is 11.5 Å². The van der Waals surface area contributed by atoms with E-state index in [1.165, 1.54) is 0 Å². The van der Waals surface area contributed by atoms with Crippen molar-refractivity contribution in [2.24, 2.45) is 0 Å². The monoisotopic (exact) mass is 351 g/mol. The van der Waals surface area contributed by atoms with Crippen LogP contribution in [0.4, 0.5) is 0 Å². The summed E-state index contributed by atoms with van der Waals surface area (Å²) in [5, 5.41) is 3.37. The van der Waals surface area contributed by atoms with Gasteiger partial charge < -0.3 is 19.2 Å². The van der Waals surface area contributed by atoms with Crippen molar-refractivity contribution in [1.29, 1.82) is 0 Å². The molecule has 0 fully saturated rings. The summed E-state index contributed by atoms with van der Waals surface area (Å²) in [7, 11) is 0. The van der Waals surface area contributed by atoms with Gasteiger partial charge in [-0.05, 0) is 52.7 Å². The fraction of sp³-hybridized carbons (Fsp3) is 0.375. The molecule has 1 N–H and O–H groups in total. The Morgan fingerprint density at radius 1 is 1.14 bits per heavy atom. The molecule has 0 bridgehead atoms. The molecular weight excluding hydrogens is 334 g/mol. The Labute approximate surface area is 132 Å². The van der Waals surface area contributed by atoms with Gasteiger partial charge in [0.05, 0.1) is 24.2 Å². The summed E-state index contributed by atoms with van der Waals surface area (Å²) in [5.41, 5.74) is 1.15. The zero-order valence-electron chi connectivity index (χ0n) is 11.9. The standard InChI is InChI=1S/C16H18BrNO3/c1-11-3-4-13(21-11)10-18-9-12-7-14(17)16-15(8-12)19-5-2-6-20-16/h3-4,7-8,18H,2,5-6,9-10H2,1H3. The first-order chi connectivity index (χ1) is 10.2. The minimum Gasteiger partial charge on any atom is -0.490 e. The number of aryl methyl sites for hydroxylation is 1. The molecule has 0 saturated carbocycles. The predicted molar refractivity (Wildman–Crippen MR) is 83.7 cm³/mol. The Balaban J connectivity index is 1.65. The molecule has 1 aromatic heterocycles. The van der Waals surface area contributed by atoms with Crippen molar-refractivity contribution in [3.05, 3.63) is 45.8 Å². The number of fused-ring (bicyclic) bond motifs is 1. The third kappa shape index (κ3) is 3.60. The molecule has 0 spiro atoms. The molecule has 0 aliphatic carbocycles. The van der Waals surface area contributed by atoms with Crippen molar-refractivity contribution >= 4 is 15.9 Å². The first kappa shape index (κ1) is 14.5. The quantitative estimate of drug-likeness (QED) is 0.909. The molecular formula is C16H18BrNO3. The lowest BCUT2D eigenvalue weighted by molar-refractivity contribution is 0.296. The molecule has 5 heteroatoms. The second-order valence-corrected chi connectivity index (χ2v) is 5.93. The first-order valence-corrected chi connectivity index (χ1v) is 7.86. The van der Waals surface area contributed by atoms with E-state index in [2.05, 4.69) is 27.3 Å². The van der Waals surface area contributed by atoms with E-state index in [4.69, 9.17) is 13.9 Å². The number of halogens is 1. The number of ether oxygens (including phenoxy) is 2. The van der Waals surface area contributed by atoms with Crippen molar-refractivity contribution in [3.8, 4) is 11.5 Å². The van der Waals surface area contributed by atoms with Crippen LogP contribution in [-0.2, 0) is 13.1 Å². The van der Waals surface area contributed by atoms with Gasteiger partial charge >= 0.3 is 0 Å². The average Bonchev–Trinajstić information content (AvgIpc) is 2.73. The van der Waals surface area contributed by atoms with Crippen LogP contribution in [0.25, 0.3) is 0 Å². The van der Waals surface area contributed by atoms with Crippen LogP contribution in [-0.4, -0.2) is 13.2 Å². The number of furan rings is 1. The van der Waals surface area contributed by atoms with E-state index in [1.54, 1.807) is 0 Å². The number of hydrogen-bond acceptors (Lipinski definition) is 4. The zero-order valence-corrected chi connectivity index (χ0v) is 13.5. The highest BCUT2D eigenvalue weighted by molar-refractivity contribution is 9.10. The Kier molecular flexibility index (Phi) is 4.51. The summed E-state index contributed by atoms with van der Waals surface area (Å²) in [6.07, 6.45) is 0.909. The molecule has 4 nitrogen and oxygen atoms in total. The van der Waals surface area contributed by atoms with Gasteiger partial charge in [0, 0.05) is 13.0 Å². The highest BCUT2D eigenvalue weighted by Gasteiger charge is 2.15. The van der Waals surface area contributed by atoms with Crippen LogP contribution < -0.4 is 14.8 Å². The van der Waals surface area contributed by atoms with Crippen LogP contribution >= 0.6 is 15.9 Å². The second-order valence-electron chi connectivity index (χ2n) is 5.07. The third-order valence-corrected chi connectivity index (χ3v) is 3.88. The van der Waals surface area contributed by atoms with E-state index in [-0.39, 0.29) is 0 Å². The van der Waals surface area contributed by atoms with Crippen LogP contribution in [0.15, 0.2) is 33.2 Å². The Morgan fingerprint density at radius 3 is 2.81 bits per heavy atom. The molecule has 2 aromatic rings. The zero-order chi connectivity index (χ0) is 14.7. The van der Waals surface area contributed by atoms with Crippen molar-refractivity contribution < 1.29 is 13.9 Å². The minimum atomic E-state index is 0.695. The van der Waals surface area contributed by atoms with E-state index in [0.717, 1.165) is 46.0 Å². The van der Waals surface area contributed by atoms with Gasteiger partial charge in [0.25, 0.3) is 0 Å². The van der Waals surface area contributed by atoms with Crippen molar-refractivity contribution in [3.63, 3.8) is 0 Å². The molecule has 1 aliphatic rings. The van der Waals surface area contributed by atoms with Gasteiger partial charge in [-0.15, -0.1) is 0 Å². The molecule has 2 heterocycles. The molecule has 112 valence electrons. The van der Waals surface area contributed by atoms with E-state index >= 15 is 0 Å². The molecule has 0 atom stereocenters. The molecule has 0 saturated heterocycles. The molecule has 1 aliphatic heterocycles. The lowest BCUT2D eigenvalue weighted by atomic mass is 10.2. The van der Waals surface area contributed by atoms with Gasteiger partial charge in [-0.2, -0.15) is 0 Å². The number of rotatable bonds is 4. The van der Waals surface area contributed by atoms with Crippen LogP contribution in [0.1, 0.15) is 23.5 Å². The first-order valence-electron chi connectivity index (χ1n) is 7.06. The Bertz CT molecular complexity index is 624. The predicted octanol–water partition coefficient (Wildman–Crippen LogP) is 3.80. The topological polar surface area (TPSA) is 43.6 Å². The normalized spacial score (nSPS) is 14.0.